The summed E-state index contributed by atoms with van der Waals surface area (Å²) in [6.07, 6.45) is 4.98. The third-order valence-corrected chi connectivity index (χ3v) is 5.12. The zero-order chi connectivity index (χ0) is 18.7. The maximum Gasteiger partial charge on any atom is 0.330 e. The summed E-state index contributed by atoms with van der Waals surface area (Å²) < 4.78 is 0. The summed E-state index contributed by atoms with van der Waals surface area (Å²) in [5.41, 5.74) is 3.29. The molecule has 3 heterocycles. The monoisotopic (exact) mass is 372 g/mol. The van der Waals surface area contributed by atoms with Gasteiger partial charge in [-0.25, -0.2) is 10.2 Å². The van der Waals surface area contributed by atoms with Crippen LogP contribution >= 0.6 is 11.3 Å². The number of pyridine rings is 1. The Bertz CT molecular complexity index is 850. The predicted octanol–water partition coefficient (Wildman–Crippen LogP) is 2.18. The summed E-state index contributed by atoms with van der Waals surface area (Å²) in [6, 6.07) is 5.58. The largest absolute Gasteiger partial charge is 0.480 e. The van der Waals surface area contributed by atoms with E-state index in [-0.39, 0.29) is 18.0 Å². The number of rotatable bonds is 6. The van der Waals surface area contributed by atoms with Crippen LogP contribution < -0.4 is 10.7 Å². The molecule has 0 aromatic carbocycles. The molecule has 0 spiro atoms. The molecule has 1 aliphatic heterocycles. The van der Waals surface area contributed by atoms with Crippen LogP contribution in [0.25, 0.3) is 0 Å². The standard InChI is InChI=1S/C18H20N4O3S/c1-3-22-16(23)14(20-15-11-19-7-6-12(15)2)10-18(21-22,17(24)25)9-13-5-4-8-26-13/h4-8,10-11,20-21H,3,9H2,1-2H3,(H,24,25). The Balaban J connectivity index is 2.03. The number of anilines is 1. The SMILES string of the molecule is CCN1NC(Cc2cccs2)(C(=O)O)C=C(Nc2cnccc2C)C1=O. The van der Waals surface area contributed by atoms with Crippen LogP contribution in [0.4, 0.5) is 5.69 Å². The van der Waals surface area contributed by atoms with Gasteiger partial charge in [-0.05, 0) is 43.0 Å². The first-order chi connectivity index (χ1) is 12.4. The summed E-state index contributed by atoms with van der Waals surface area (Å²) in [7, 11) is 0. The fourth-order valence-electron chi connectivity index (χ4n) is 2.79. The highest BCUT2D eigenvalue weighted by molar-refractivity contribution is 7.09. The molecule has 1 unspecified atom stereocenters. The van der Waals surface area contributed by atoms with Crippen LogP contribution in [0.15, 0.2) is 47.7 Å². The lowest BCUT2D eigenvalue weighted by atomic mass is 9.91. The molecule has 2 aromatic rings. The number of hydrazine groups is 1. The molecule has 3 N–H and O–H groups in total. The van der Waals surface area contributed by atoms with E-state index in [2.05, 4.69) is 15.7 Å². The Hall–Kier alpha value is -2.71. The van der Waals surface area contributed by atoms with Gasteiger partial charge in [-0.2, -0.15) is 0 Å². The van der Waals surface area contributed by atoms with E-state index in [9.17, 15) is 14.7 Å². The quantitative estimate of drug-likeness (QED) is 0.719. The number of carbonyl (C=O) groups is 2. The topological polar surface area (TPSA) is 94.6 Å². The van der Waals surface area contributed by atoms with Gasteiger partial charge >= 0.3 is 5.97 Å². The molecule has 1 atom stereocenters. The van der Waals surface area contributed by atoms with E-state index in [1.54, 1.807) is 19.3 Å². The minimum Gasteiger partial charge on any atom is -0.480 e. The van der Waals surface area contributed by atoms with Crippen molar-refractivity contribution in [3.8, 4) is 0 Å². The minimum atomic E-state index is -1.41. The summed E-state index contributed by atoms with van der Waals surface area (Å²) >= 11 is 1.48. The maximum absolute atomic E-state index is 12.7. The number of likely N-dealkylation sites (N-methyl/N-ethyl adjacent to an activating group) is 1. The van der Waals surface area contributed by atoms with E-state index in [1.165, 1.54) is 22.4 Å². The lowest BCUT2D eigenvalue weighted by Gasteiger charge is -2.38. The van der Waals surface area contributed by atoms with Crippen molar-refractivity contribution in [1.29, 1.82) is 0 Å². The second-order valence-electron chi connectivity index (χ2n) is 6.07. The Kier molecular flexibility index (Phi) is 5.06. The molecule has 0 bridgehead atoms. The molecule has 26 heavy (non-hydrogen) atoms. The van der Waals surface area contributed by atoms with Crippen molar-refractivity contribution >= 4 is 28.9 Å². The van der Waals surface area contributed by atoms with Crippen molar-refractivity contribution in [2.24, 2.45) is 0 Å². The zero-order valence-corrected chi connectivity index (χ0v) is 15.3. The molecular weight excluding hydrogens is 352 g/mol. The number of thiophene rings is 1. The average molecular weight is 372 g/mol. The highest BCUT2D eigenvalue weighted by Gasteiger charge is 2.44. The Labute approximate surface area is 155 Å². The van der Waals surface area contributed by atoms with Crippen molar-refractivity contribution in [1.82, 2.24) is 15.4 Å². The van der Waals surface area contributed by atoms with Crippen molar-refractivity contribution in [3.63, 3.8) is 0 Å². The van der Waals surface area contributed by atoms with Gasteiger partial charge in [0, 0.05) is 24.0 Å². The third kappa shape index (κ3) is 3.47. The van der Waals surface area contributed by atoms with Gasteiger partial charge < -0.3 is 10.4 Å². The van der Waals surface area contributed by atoms with Crippen LogP contribution in [-0.2, 0) is 16.0 Å². The van der Waals surface area contributed by atoms with Crippen LogP contribution in [0, 0.1) is 6.92 Å². The number of aliphatic carboxylic acids is 1. The Morgan fingerprint density at radius 1 is 1.46 bits per heavy atom. The van der Waals surface area contributed by atoms with E-state index in [4.69, 9.17) is 0 Å². The number of nitrogens with zero attached hydrogens (tertiary/aromatic N) is 2. The first-order valence-electron chi connectivity index (χ1n) is 8.21. The zero-order valence-electron chi connectivity index (χ0n) is 14.5. The lowest BCUT2D eigenvalue weighted by molar-refractivity contribution is -0.148. The van der Waals surface area contributed by atoms with Crippen LogP contribution in [-0.4, -0.2) is 39.1 Å². The van der Waals surface area contributed by atoms with E-state index in [1.807, 2.05) is 30.5 Å². The number of aryl methyl sites for hydroxylation is 1. The summed E-state index contributed by atoms with van der Waals surface area (Å²) in [5, 5.41) is 16.2. The molecule has 0 aliphatic carbocycles. The van der Waals surface area contributed by atoms with Gasteiger partial charge in [0.25, 0.3) is 5.91 Å². The number of carboxylic acid groups (broad SMARTS) is 1. The summed E-state index contributed by atoms with van der Waals surface area (Å²) in [5.74, 6) is -1.35. The fourth-order valence-corrected chi connectivity index (χ4v) is 3.59. The number of carbonyl (C=O) groups excluding carboxylic acids is 1. The molecule has 0 radical (unpaired) electrons. The van der Waals surface area contributed by atoms with Gasteiger partial charge in [-0.15, -0.1) is 11.3 Å². The summed E-state index contributed by atoms with van der Waals surface area (Å²) in [6.45, 7) is 4.02. The molecule has 3 rings (SSSR count). The molecule has 0 saturated heterocycles. The van der Waals surface area contributed by atoms with Gasteiger partial charge in [0.2, 0.25) is 0 Å². The van der Waals surface area contributed by atoms with E-state index < -0.39 is 11.5 Å². The summed E-state index contributed by atoms with van der Waals surface area (Å²) in [4.78, 5) is 29.8. The normalized spacial score (nSPS) is 20.0. The number of hydrogen-bond acceptors (Lipinski definition) is 6. The number of hydrogen-bond donors (Lipinski definition) is 3. The lowest BCUT2D eigenvalue weighted by Crippen LogP contribution is -2.64. The second kappa shape index (κ2) is 7.27. The molecule has 1 amide bonds. The first-order valence-corrected chi connectivity index (χ1v) is 9.09. The Morgan fingerprint density at radius 3 is 2.88 bits per heavy atom. The van der Waals surface area contributed by atoms with E-state index >= 15 is 0 Å². The fraction of sp³-hybridized carbons (Fsp3) is 0.278. The number of carboxylic acids is 1. The van der Waals surface area contributed by atoms with E-state index in [0.29, 0.717) is 12.2 Å². The third-order valence-electron chi connectivity index (χ3n) is 4.24. The van der Waals surface area contributed by atoms with Gasteiger partial charge in [0.05, 0.1) is 11.9 Å². The smallest absolute Gasteiger partial charge is 0.330 e. The number of aromatic nitrogens is 1. The van der Waals surface area contributed by atoms with Gasteiger partial charge in [0.15, 0.2) is 5.54 Å². The highest BCUT2D eigenvalue weighted by Crippen LogP contribution is 2.27. The first kappa shape index (κ1) is 18.1. The van der Waals surface area contributed by atoms with Gasteiger partial charge in [0.1, 0.15) is 5.70 Å². The minimum absolute atomic E-state index is 0.223. The van der Waals surface area contributed by atoms with Crippen molar-refractivity contribution < 1.29 is 14.7 Å². The van der Waals surface area contributed by atoms with Gasteiger partial charge in [-0.3, -0.25) is 14.8 Å². The van der Waals surface area contributed by atoms with Crippen LogP contribution in [0.3, 0.4) is 0 Å². The molecule has 1 aliphatic rings. The van der Waals surface area contributed by atoms with Crippen molar-refractivity contribution in [3.05, 3.63) is 58.2 Å². The maximum atomic E-state index is 12.7. The van der Waals surface area contributed by atoms with Crippen molar-refractivity contribution in [2.75, 3.05) is 11.9 Å². The number of nitrogens with one attached hydrogen (secondary N) is 2. The molecule has 136 valence electrons. The van der Waals surface area contributed by atoms with Crippen molar-refractivity contribution in [2.45, 2.75) is 25.8 Å². The Morgan fingerprint density at radius 2 is 2.27 bits per heavy atom. The highest BCUT2D eigenvalue weighted by atomic mass is 32.1. The molecule has 8 heteroatoms. The molecule has 0 saturated carbocycles. The van der Waals surface area contributed by atoms with Gasteiger partial charge in [-0.1, -0.05) is 6.07 Å². The predicted molar refractivity (Wildman–Crippen MR) is 99.6 cm³/mol. The molecular formula is C18H20N4O3S. The van der Waals surface area contributed by atoms with Crippen LogP contribution in [0.1, 0.15) is 17.4 Å². The van der Waals surface area contributed by atoms with Crippen LogP contribution in [0.2, 0.25) is 0 Å². The molecule has 0 fully saturated rings. The van der Waals surface area contributed by atoms with E-state index in [0.717, 1.165) is 10.4 Å². The molecule has 2 aromatic heterocycles. The number of amides is 1. The molecule has 7 nitrogen and oxygen atoms in total. The average Bonchev–Trinajstić information content (AvgIpc) is 3.12. The van der Waals surface area contributed by atoms with Crippen LogP contribution in [0.5, 0.6) is 0 Å². The second-order valence-corrected chi connectivity index (χ2v) is 7.10.